The highest BCUT2D eigenvalue weighted by molar-refractivity contribution is 5.95. The van der Waals surface area contributed by atoms with Gasteiger partial charge in [0.05, 0.1) is 17.6 Å². The van der Waals surface area contributed by atoms with Gasteiger partial charge in [0.15, 0.2) is 5.52 Å². The monoisotopic (exact) mass is 290 g/mol. The molecule has 0 atom stereocenters. The molecule has 0 saturated carbocycles. The number of aryl methyl sites for hydroxylation is 1. The molecule has 0 N–H and O–H groups in total. The molecule has 0 saturated heterocycles. The van der Waals surface area contributed by atoms with Crippen LogP contribution in [0, 0.1) is 5.82 Å². The fourth-order valence-corrected chi connectivity index (χ4v) is 2.19. The van der Waals surface area contributed by atoms with E-state index >= 15 is 0 Å². The number of carbonyl (C=O) groups is 1. The SMILES string of the molecule is CCOC(=O)c1nnn2c1c(=O)n(C)c1cc(F)ccc12. The minimum absolute atomic E-state index is 0.00931. The van der Waals surface area contributed by atoms with Crippen LogP contribution in [0.1, 0.15) is 17.4 Å². The summed E-state index contributed by atoms with van der Waals surface area (Å²) in [7, 11) is 1.49. The maximum absolute atomic E-state index is 13.3. The summed E-state index contributed by atoms with van der Waals surface area (Å²) in [5.41, 5.74) is 0.184. The lowest BCUT2D eigenvalue weighted by Crippen LogP contribution is -2.22. The van der Waals surface area contributed by atoms with Gasteiger partial charge in [-0.2, -0.15) is 0 Å². The third kappa shape index (κ3) is 1.87. The number of benzene rings is 1. The predicted octanol–water partition coefficient (Wildman–Crippen LogP) is 0.897. The Morgan fingerprint density at radius 3 is 2.86 bits per heavy atom. The lowest BCUT2D eigenvalue weighted by Gasteiger charge is -2.07. The molecule has 0 aliphatic rings. The van der Waals surface area contributed by atoms with Gasteiger partial charge in [0.1, 0.15) is 5.82 Å². The second-order valence-corrected chi connectivity index (χ2v) is 4.42. The Labute approximate surface area is 117 Å². The number of nitrogens with zero attached hydrogens (tertiary/aromatic N) is 4. The van der Waals surface area contributed by atoms with Crippen LogP contribution in [0.3, 0.4) is 0 Å². The lowest BCUT2D eigenvalue weighted by atomic mass is 10.2. The van der Waals surface area contributed by atoms with Crippen molar-refractivity contribution in [1.82, 2.24) is 19.4 Å². The number of carbonyl (C=O) groups excluding carboxylic acids is 1. The highest BCUT2D eigenvalue weighted by Crippen LogP contribution is 2.16. The molecule has 3 aromatic rings. The molecule has 0 aliphatic heterocycles. The minimum Gasteiger partial charge on any atom is -0.461 e. The molecular formula is C13H11FN4O3. The molecule has 0 aliphatic carbocycles. The number of ether oxygens (including phenoxy) is 1. The maximum atomic E-state index is 13.3. The molecular weight excluding hydrogens is 279 g/mol. The van der Waals surface area contributed by atoms with E-state index in [9.17, 15) is 14.0 Å². The average molecular weight is 290 g/mol. The summed E-state index contributed by atoms with van der Waals surface area (Å²) < 4.78 is 20.7. The predicted molar refractivity (Wildman–Crippen MR) is 71.6 cm³/mol. The highest BCUT2D eigenvalue weighted by Gasteiger charge is 2.21. The second kappa shape index (κ2) is 4.65. The van der Waals surface area contributed by atoms with E-state index < -0.39 is 17.3 Å². The number of hydrogen-bond acceptors (Lipinski definition) is 5. The van der Waals surface area contributed by atoms with Crippen molar-refractivity contribution in [1.29, 1.82) is 0 Å². The van der Waals surface area contributed by atoms with E-state index in [1.807, 2.05) is 0 Å². The molecule has 108 valence electrons. The Hall–Kier alpha value is -2.77. The van der Waals surface area contributed by atoms with Crippen molar-refractivity contribution in [2.75, 3.05) is 6.61 Å². The number of rotatable bonds is 2. The molecule has 7 nitrogen and oxygen atoms in total. The zero-order valence-electron chi connectivity index (χ0n) is 11.3. The van der Waals surface area contributed by atoms with Crippen LogP contribution in [-0.4, -0.2) is 32.0 Å². The van der Waals surface area contributed by atoms with E-state index in [1.165, 1.54) is 34.3 Å². The normalized spacial score (nSPS) is 11.2. The van der Waals surface area contributed by atoms with E-state index in [2.05, 4.69) is 10.3 Å². The van der Waals surface area contributed by atoms with Gasteiger partial charge in [-0.1, -0.05) is 5.21 Å². The van der Waals surface area contributed by atoms with Crippen LogP contribution >= 0.6 is 0 Å². The van der Waals surface area contributed by atoms with Crippen molar-refractivity contribution in [3.63, 3.8) is 0 Å². The number of hydrogen-bond donors (Lipinski definition) is 0. The van der Waals surface area contributed by atoms with Crippen LogP contribution in [0.2, 0.25) is 0 Å². The maximum Gasteiger partial charge on any atom is 0.361 e. The van der Waals surface area contributed by atoms with Crippen LogP contribution in [0.25, 0.3) is 16.6 Å². The number of aromatic nitrogens is 4. The molecule has 2 aromatic heterocycles. The second-order valence-electron chi connectivity index (χ2n) is 4.42. The largest absolute Gasteiger partial charge is 0.461 e. The van der Waals surface area contributed by atoms with E-state index in [0.717, 1.165) is 0 Å². The highest BCUT2D eigenvalue weighted by atomic mass is 19.1. The molecule has 0 radical (unpaired) electrons. The van der Waals surface area contributed by atoms with E-state index in [4.69, 9.17) is 4.74 Å². The van der Waals surface area contributed by atoms with Gasteiger partial charge >= 0.3 is 5.97 Å². The molecule has 0 unspecified atom stereocenters. The van der Waals surface area contributed by atoms with Gasteiger partial charge in [-0.25, -0.2) is 13.7 Å². The molecule has 2 heterocycles. The smallest absolute Gasteiger partial charge is 0.361 e. The third-order valence-corrected chi connectivity index (χ3v) is 3.17. The van der Waals surface area contributed by atoms with Crippen LogP contribution < -0.4 is 5.56 Å². The molecule has 0 amide bonds. The number of fused-ring (bicyclic) bond motifs is 3. The van der Waals surface area contributed by atoms with Crippen molar-refractivity contribution < 1.29 is 13.9 Å². The summed E-state index contributed by atoms with van der Waals surface area (Å²) in [5, 5.41) is 7.53. The van der Waals surface area contributed by atoms with Gasteiger partial charge in [-0.15, -0.1) is 5.10 Å². The summed E-state index contributed by atoms with van der Waals surface area (Å²) in [6, 6.07) is 3.95. The Bertz CT molecular complexity index is 928. The summed E-state index contributed by atoms with van der Waals surface area (Å²) in [4.78, 5) is 24.2. The molecule has 0 spiro atoms. The molecule has 1 aromatic carbocycles. The van der Waals surface area contributed by atoms with Crippen molar-refractivity contribution in [3.05, 3.63) is 40.1 Å². The zero-order valence-corrected chi connectivity index (χ0v) is 11.3. The summed E-state index contributed by atoms with van der Waals surface area (Å²) in [6.45, 7) is 1.82. The van der Waals surface area contributed by atoms with Crippen LogP contribution in [0.4, 0.5) is 4.39 Å². The van der Waals surface area contributed by atoms with E-state index in [0.29, 0.717) is 11.0 Å². The van der Waals surface area contributed by atoms with E-state index in [1.54, 1.807) is 6.92 Å². The van der Waals surface area contributed by atoms with Gasteiger partial charge in [0.25, 0.3) is 5.56 Å². The Morgan fingerprint density at radius 1 is 1.38 bits per heavy atom. The first-order chi connectivity index (χ1) is 10.0. The van der Waals surface area contributed by atoms with Gasteiger partial charge in [-0.05, 0) is 25.1 Å². The Balaban J connectivity index is 2.44. The Kier molecular flexibility index (Phi) is 2.93. The molecule has 21 heavy (non-hydrogen) atoms. The quantitative estimate of drug-likeness (QED) is 0.655. The van der Waals surface area contributed by atoms with Crippen molar-refractivity contribution in [2.24, 2.45) is 7.05 Å². The first kappa shape index (κ1) is 13.2. The first-order valence-electron chi connectivity index (χ1n) is 6.25. The summed E-state index contributed by atoms with van der Waals surface area (Å²) in [5.74, 6) is -1.19. The third-order valence-electron chi connectivity index (χ3n) is 3.17. The fraction of sp³-hybridized carbons (Fsp3) is 0.231. The van der Waals surface area contributed by atoms with Crippen LogP contribution in [-0.2, 0) is 11.8 Å². The molecule has 8 heteroatoms. The first-order valence-corrected chi connectivity index (χ1v) is 6.25. The van der Waals surface area contributed by atoms with E-state index in [-0.39, 0.29) is 17.8 Å². The minimum atomic E-state index is -0.717. The Morgan fingerprint density at radius 2 is 2.14 bits per heavy atom. The summed E-state index contributed by atoms with van der Waals surface area (Å²) in [6.07, 6.45) is 0. The van der Waals surface area contributed by atoms with Gasteiger partial charge < -0.3 is 9.30 Å². The molecule has 3 rings (SSSR count). The lowest BCUT2D eigenvalue weighted by molar-refractivity contribution is 0.0521. The topological polar surface area (TPSA) is 78.5 Å². The fourth-order valence-electron chi connectivity index (χ4n) is 2.19. The van der Waals surface area contributed by atoms with Gasteiger partial charge in [-0.3, -0.25) is 4.79 Å². The number of halogens is 1. The number of esters is 1. The van der Waals surface area contributed by atoms with Gasteiger partial charge in [0.2, 0.25) is 5.69 Å². The van der Waals surface area contributed by atoms with Crippen LogP contribution in [0.15, 0.2) is 23.0 Å². The standard InChI is InChI=1S/C13H11FN4O3/c1-3-21-13(20)10-11-12(19)17(2)9-6-7(14)4-5-8(9)18(11)16-15-10/h4-6H,3H2,1-2H3. The van der Waals surface area contributed by atoms with Gasteiger partial charge in [0, 0.05) is 7.05 Å². The average Bonchev–Trinajstić information content (AvgIpc) is 2.90. The molecule has 0 bridgehead atoms. The van der Waals surface area contributed by atoms with Crippen molar-refractivity contribution in [2.45, 2.75) is 6.92 Å². The van der Waals surface area contributed by atoms with Crippen molar-refractivity contribution in [3.8, 4) is 0 Å². The van der Waals surface area contributed by atoms with Crippen molar-refractivity contribution >= 4 is 22.5 Å². The summed E-state index contributed by atoms with van der Waals surface area (Å²) >= 11 is 0. The molecule has 0 fully saturated rings. The van der Waals surface area contributed by atoms with Crippen LogP contribution in [0.5, 0.6) is 0 Å². The zero-order chi connectivity index (χ0) is 15.1.